The lowest BCUT2D eigenvalue weighted by molar-refractivity contribution is -0.133. The lowest BCUT2D eigenvalue weighted by atomic mass is 9.78. The van der Waals surface area contributed by atoms with E-state index in [4.69, 9.17) is 9.31 Å². The second kappa shape index (κ2) is 5.95. The molecule has 0 N–H and O–H groups in total. The molecule has 2 fully saturated rings. The Morgan fingerprint density at radius 3 is 2.48 bits per heavy atom. The molecule has 2 saturated heterocycles. The molecule has 2 heterocycles. The van der Waals surface area contributed by atoms with Gasteiger partial charge in [-0.15, -0.1) is 0 Å². The van der Waals surface area contributed by atoms with Crippen LogP contribution in [0.1, 0.15) is 52.5 Å². The maximum Gasteiger partial charge on any atom is 0.494 e. The van der Waals surface area contributed by atoms with Crippen molar-refractivity contribution in [2.75, 3.05) is 6.54 Å². The van der Waals surface area contributed by atoms with Crippen molar-refractivity contribution in [3.63, 3.8) is 0 Å². The third kappa shape index (κ3) is 3.31. The van der Waals surface area contributed by atoms with Crippen molar-refractivity contribution in [3.05, 3.63) is 29.8 Å². The second-order valence-electron chi connectivity index (χ2n) is 7.61. The molecule has 0 bridgehead atoms. The maximum absolute atomic E-state index is 12.0. The standard InChI is InChI=1S/C18H26BNO3/c1-17(2)18(3,4)23-19(22-17)15-9-7-8-14(12-15)13-20-11-6-5-10-16(20)21/h7-9,12H,5-6,10-11,13H2,1-4H3. The summed E-state index contributed by atoms with van der Waals surface area (Å²) in [5, 5.41) is 0. The number of benzene rings is 1. The highest BCUT2D eigenvalue weighted by Gasteiger charge is 2.51. The Morgan fingerprint density at radius 1 is 1.13 bits per heavy atom. The normalized spacial score (nSPS) is 23.4. The van der Waals surface area contributed by atoms with Crippen LogP contribution < -0.4 is 5.46 Å². The molecule has 0 unspecified atom stereocenters. The Labute approximate surface area is 139 Å². The number of carbonyl (C=O) groups is 1. The number of likely N-dealkylation sites (tertiary alicyclic amines) is 1. The Kier molecular flexibility index (Phi) is 4.28. The van der Waals surface area contributed by atoms with Gasteiger partial charge in [0.05, 0.1) is 11.2 Å². The summed E-state index contributed by atoms with van der Waals surface area (Å²) >= 11 is 0. The van der Waals surface area contributed by atoms with E-state index in [9.17, 15) is 4.79 Å². The van der Waals surface area contributed by atoms with Gasteiger partial charge in [-0.25, -0.2) is 0 Å². The van der Waals surface area contributed by atoms with E-state index in [1.807, 2.05) is 17.0 Å². The van der Waals surface area contributed by atoms with Gasteiger partial charge < -0.3 is 14.2 Å². The number of nitrogens with zero attached hydrogens (tertiary/aromatic N) is 1. The molecule has 4 nitrogen and oxygen atoms in total. The monoisotopic (exact) mass is 315 g/mol. The summed E-state index contributed by atoms with van der Waals surface area (Å²) < 4.78 is 12.2. The number of rotatable bonds is 3. The van der Waals surface area contributed by atoms with Crippen LogP contribution in [0.4, 0.5) is 0 Å². The lowest BCUT2D eigenvalue weighted by Crippen LogP contribution is -2.41. The molecule has 0 radical (unpaired) electrons. The number of amides is 1. The molecule has 0 atom stereocenters. The van der Waals surface area contributed by atoms with Gasteiger partial charge in [-0.3, -0.25) is 4.79 Å². The van der Waals surface area contributed by atoms with Crippen LogP contribution in [0.25, 0.3) is 0 Å². The average molecular weight is 315 g/mol. The predicted molar refractivity (Wildman–Crippen MR) is 91.4 cm³/mol. The number of hydrogen-bond donors (Lipinski definition) is 0. The fraction of sp³-hybridized carbons (Fsp3) is 0.611. The van der Waals surface area contributed by atoms with Crippen LogP contribution in [0.15, 0.2) is 24.3 Å². The van der Waals surface area contributed by atoms with E-state index in [2.05, 4.69) is 39.8 Å². The highest BCUT2D eigenvalue weighted by molar-refractivity contribution is 6.62. The maximum atomic E-state index is 12.0. The van der Waals surface area contributed by atoms with E-state index in [-0.39, 0.29) is 24.2 Å². The minimum absolute atomic E-state index is 0.261. The minimum atomic E-state index is -0.350. The lowest BCUT2D eigenvalue weighted by Gasteiger charge is -2.32. The zero-order valence-electron chi connectivity index (χ0n) is 14.6. The second-order valence-corrected chi connectivity index (χ2v) is 7.61. The summed E-state index contributed by atoms with van der Waals surface area (Å²) in [4.78, 5) is 13.9. The van der Waals surface area contributed by atoms with Crippen molar-refractivity contribution in [1.82, 2.24) is 4.90 Å². The Balaban J connectivity index is 1.74. The highest BCUT2D eigenvalue weighted by Crippen LogP contribution is 2.36. The van der Waals surface area contributed by atoms with Crippen LogP contribution in [-0.2, 0) is 20.6 Å². The number of carbonyl (C=O) groups excluding carboxylic acids is 1. The molecule has 0 spiro atoms. The first kappa shape index (κ1) is 16.5. The molecule has 23 heavy (non-hydrogen) atoms. The molecule has 124 valence electrons. The molecule has 1 aromatic rings. The molecule has 5 heteroatoms. The average Bonchev–Trinajstić information content (AvgIpc) is 2.70. The zero-order valence-corrected chi connectivity index (χ0v) is 14.6. The number of hydrogen-bond acceptors (Lipinski definition) is 3. The fourth-order valence-electron chi connectivity index (χ4n) is 3.07. The summed E-state index contributed by atoms with van der Waals surface area (Å²) in [6.07, 6.45) is 2.79. The summed E-state index contributed by atoms with van der Waals surface area (Å²) in [5.74, 6) is 0.261. The van der Waals surface area contributed by atoms with Gasteiger partial charge in [0.15, 0.2) is 0 Å². The molecule has 3 rings (SSSR count). The van der Waals surface area contributed by atoms with Crippen molar-refractivity contribution in [2.24, 2.45) is 0 Å². The van der Waals surface area contributed by atoms with Crippen molar-refractivity contribution < 1.29 is 14.1 Å². The summed E-state index contributed by atoms with van der Waals surface area (Å²) in [6.45, 7) is 9.77. The van der Waals surface area contributed by atoms with E-state index in [0.717, 1.165) is 30.4 Å². The first-order valence-corrected chi connectivity index (χ1v) is 8.51. The molecule has 2 aliphatic heterocycles. The van der Waals surface area contributed by atoms with Gasteiger partial charge in [0.25, 0.3) is 0 Å². The molecular weight excluding hydrogens is 289 g/mol. The molecule has 1 aromatic carbocycles. The Morgan fingerprint density at radius 2 is 1.83 bits per heavy atom. The predicted octanol–water partition coefficient (Wildman–Crippen LogP) is 2.50. The van der Waals surface area contributed by atoms with Crippen LogP contribution in [0.2, 0.25) is 0 Å². The molecule has 1 amide bonds. The van der Waals surface area contributed by atoms with Crippen LogP contribution in [0.5, 0.6) is 0 Å². The van der Waals surface area contributed by atoms with Crippen molar-refractivity contribution >= 4 is 18.5 Å². The molecular formula is C18H26BNO3. The van der Waals surface area contributed by atoms with Gasteiger partial charge in [0.1, 0.15) is 0 Å². The highest BCUT2D eigenvalue weighted by atomic mass is 16.7. The first-order chi connectivity index (χ1) is 10.8. The van der Waals surface area contributed by atoms with E-state index in [1.165, 1.54) is 0 Å². The Hall–Kier alpha value is -1.33. The third-order valence-corrected chi connectivity index (χ3v) is 5.27. The minimum Gasteiger partial charge on any atom is -0.399 e. The van der Waals surface area contributed by atoms with E-state index >= 15 is 0 Å². The summed E-state index contributed by atoms with van der Waals surface area (Å²) in [6, 6.07) is 8.22. The summed E-state index contributed by atoms with van der Waals surface area (Å²) in [5.41, 5.74) is 1.48. The van der Waals surface area contributed by atoms with Gasteiger partial charge in [0, 0.05) is 19.5 Å². The first-order valence-electron chi connectivity index (χ1n) is 8.51. The van der Waals surface area contributed by atoms with Gasteiger partial charge >= 0.3 is 7.12 Å². The topological polar surface area (TPSA) is 38.8 Å². The van der Waals surface area contributed by atoms with Gasteiger partial charge in [0.2, 0.25) is 5.91 Å². The number of piperidine rings is 1. The fourth-order valence-corrected chi connectivity index (χ4v) is 3.07. The van der Waals surface area contributed by atoms with Crippen molar-refractivity contribution in [2.45, 2.75) is 64.7 Å². The van der Waals surface area contributed by atoms with E-state index in [1.54, 1.807) is 0 Å². The van der Waals surface area contributed by atoms with E-state index < -0.39 is 0 Å². The van der Waals surface area contributed by atoms with Gasteiger partial charge in [-0.05, 0) is 51.6 Å². The van der Waals surface area contributed by atoms with Crippen LogP contribution in [0, 0.1) is 0 Å². The third-order valence-electron chi connectivity index (χ3n) is 5.27. The largest absolute Gasteiger partial charge is 0.494 e. The van der Waals surface area contributed by atoms with Crippen molar-refractivity contribution in [1.29, 1.82) is 0 Å². The van der Waals surface area contributed by atoms with Crippen LogP contribution in [-0.4, -0.2) is 35.7 Å². The molecule has 0 saturated carbocycles. The zero-order chi connectivity index (χ0) is 16.7. The molecule has 0 aliphatic carbocycles. The van der Waals surface area contributed by atoms with Gasteiger partial charge in [-0.1, -0.05) is 24.3 Å². The SMILES string of the molecule is CC1(C)OB(c2cccc(CN3CCCCC3=O)c2)OC1(C)C. The van der Waals surface area contributed by atoms with Gasteiger partial charge in [-0.2, -0.15) is 0 Å². The Bertz CT molecular complexity index is 584. The van der Waals surface area contributed by atoms with Crippen molar-refractivity contribution in [3.8, 4) is 0 Å². The van der Waals surface area contributed by atoms with E-state index in [0.29, 0.717) is 13.0 Å². The van der Waals surface area contributed by atoms with Crippen LogP contribution >= 0.6 is 0 Å². The summed E-state index contributed by atoms with van der Waals surface area (Å²) in [7, 11) is -0.350. The molecule has 0 aromatic heterocycles. The quantitative estimate of drug-likeness (QED) is 0.805. The smallest absolute Gasteiger partial charge is 0.399 e. The molecule has 2 aliphatic rings. The van der Waals surface area contributed by atoms with Crippen LogP contribution in [0.3, 0.4) is 0 Å².